The molecule has 0 spiro atoms. The molecule has 4 nitrogen and oxygen atoms in total. The largest absolute Gasteiger partial charge is 0.241 e. The molecule has 0 unspecified atom stereocenters. The molecule has 20 heavy (non-hydrogen) atoms. The molecule has 0 bridgehead atoms. The summed E-state index contributed by atoms with van der Waals surface area (Å²) in [5, 5.41) is 9.26. The third-order valence-electron chi connectivity index (χ3n) is 3.87. The maximum absolute atomic E-state index is 12.3. The van der Waals surface area contributed by atoms with Gasteiger partial charge < -0.3 is 0 Å². The molecule has 1 aromatic carbocycles. The van der Waals surface area contributed by atoms with Gasteiger partial charge in [0.15, 0.2) is 0 Å². The van der Waals surface area contributed by atoms with Crippen LogP contribution in [0.15, 0.2) is 29.2 Å². The lowest BCUT2D eigenvalue weighted by Crippen LogP contribution is -2.40. The predicted octanol–water partition coefficient (Wildman–Crippen LogP) is 2.75. The standard InChI is InChI=1S/C15H20N2O2S/c1-12-7-9-14(10-8-12)20(18,19)17-15(11-16)13-5-3-2-4-6-13/h7-10,13,15,17H,2-6H2,1H3/t15-/m1/s1. The van der Waals surface area contributed by atoms with Gasteiger partial charge in [0.05, 0.1) is 11.0 Å². The molecule has 5 heteroatoms. The minimum atomic E-state index is -3.61. The van der Waals surface area contributed by atoms with Gasteiger partial charge in [-0.2, -0.15) is 9.98 Å². The second-order valence-electron chi connectivity index (χ2n) is 5.44. The van der Waals surface area contributed by atoms with Crippen LogP contribution >= 0.6 is 0 Å². The van der Waals surface area contributed by atoms with Crippen molar-refractivity contribution in [2.24, 2.45) is 5.92 Å². The fourth-order valence-corrected chi connectivity index (χ4v) is 3.86. The Kier molecular flexibility index (Phi) is 4.79. The van der Waals surface area contributed by atoms with Crippen LogP contribution in [0.1, 0.15) is 37.7 Å². The summed E-state index contributed by atoms with van der Waals surface area (Å²) in [5.41, 5.74) is 1.01. The summed E-state index contributed by atoms with van der Waals surface area (Å²) in [6.07, 6.45) is 5.19. The van der Waals surface area contributed by atoms with Crippen LogP contribution in [-0.2, 0) is 10.0 Å². The molecule has 1 atom stereocenters. The van der Waals surface area contributed by atoms with E-state index in [-0.39, 0.29) is 10.8 Å². The van der Waals surface area contributed by atoms with Crippen LogP contribution in [0.2, 0.25) is 0 Å². The summed E-state index contributed by atoms with van der Waals surface area (Å²) in [7, 11) is -3.61. The molecule has 0 amide bonds. The Hall–Kier alpha value is -1.38. The van der Waals surface area contributed by atoms with Crippen molar-refractivity contribution < 1.29 is 8.42 Å². The van der Waals surface area contributed by atoms with Crippen molar-refractivity contribution in [2.45, 2.75) is 50.0 Å². The van der Waals surface area contributed by atoms with Crippen LogP contribution in [0.3, 0.4) is 0 Å². The molecule has 108 valence electrons. The molecule has 1 aliphatic carbocycles. The van der Waals surface area contributed by atoms with Crippen LogP contribution in [0.25, 0.3) is 0 Å². The van der Waals surface area contributed by atoms with Crippen molar-refractivity contribution in [3.8, 4) is 6.07 Å². The van der Waals surface area contributed by atoms with Gasteiger partial charge in [0.25, 0.3) is 0 Å². The Labute approximate surface area is 120 Å². The molecule has 2 rings (SSSR count). The molecule has 0 aromatic heterocycles. The first-order chi connectivity index (χ1) is 9.53. The van der Waals surface area contributed by atoms with Gasteiger partial charge in [-0.1, -0.05) is 37.0 Å². The first-order valence-electron chi connectivity index (χ1n) is 7.01. The second-order valence-corrected chi connectivity index (χ2v) is 7.15. The molecule has 1 saturated carbocycles. The highest BCUT2D eigenvalue weighted by Gasteiger charge is 2.28. The molecular formula is C15H20N2O2S. The van der Waals surface area contributed by atoms with Crippen LogP contribution < -0.4 is 4.72 Å². The zero-order chi connectivity index (χ0) is 14.6. The number of hydrogen-bond acceptors (Lipinski definition) is 3. The number of nitrogens with one attached hydrogen (secondary N) is 1. The Balaban J connectivity index is 2.13. The van der Waals surface area contributed by atoms with Crippen molar-refractivity contribution >= 4 is 10.0 Å². The third-order valence-corrected chi connectivity index (χ3v) is 5.33. The van der Waals surface area contributed by atoms with E-state index < -0.39 is 16.1 Å². The third kappa shape index (κ3) is 3.59. The van der Waals surface area contributed by atoms with E-state index >= 15 is 0 Å². The van der Waals surface area contributed by atoms with Crippen molar-refractivity contribution in [3.63, 3.8) is 0 Å². The molecule has 1 N–H and O–H groups in total. The molecule has 0 radical (unpaired) electrons. The quantitative estimate of drug-likeness (QED) is 0.927. The van der Waals surface area contributed by atoms with Gasteiger partial charge in [0.1, 0.15) is 6.04 Å². The molecule has 0 aliphatic heterocycles. The number of rotatable bonds is 4. The summed E-state index contributed by atoms with van der Waals surface area (Å²) in [6.45, 7) is 1.91. The topological polar surface area (TPSA) is 70.0 Å². The van der Waals surface area contributed by atoms with E-state index in [1.165, 1.54) is 6.42 Å². The maximum Gasteiger partial charge on any atom is 0.241 e. The predicted molar refractivity (Wildman–Crippen MR) is 77.5 cm³/mol. The smallest absolute Gasteiger partial charge is 0.207 e. The number of nitrogens with zero attached hydrogens (tertiary/aromatic N) is 1. The van der Waals surface area contributed by atoms with Crippen LogP contribution in [0.4, 0.5) is 0 Å². The summed E-state index contributed by atoms with van der Waals surface area (Å²) >= 11 is 0. The second kappa shape index (κ2) is 6.38. The van der Waals surface area contributed by atoms with Crippen LogP contribution in [-0.4, -0.2) is 14.5 Å². The summed E-state index contributed by atoms with van der Waals surface area (Å²) < 4.78 is 27.1. The minimum Gasteiger partial charge on any atom is -0.207 e. The normalized spacial score (nSPS) is 18.4. The van der Waals surface area contributed by atoms with E-state index in [4.69, 9.17) is 0 Å². The number of aryl methyl sites for hydroxylation is 1. The monoisotopic (exact) mass is 292 g/mol. The highest BCUT2D eigenvalue weighted by atomic mass is 32.2. The molecule has 0 heterocycles. The SMILES string of the molecule is Cc1ccc(S(=O)(=O)N[C@H](C#N)C2CCCCC2)cc1. The van der Waals surface area contributed by atoms with Crippen molar-refractivity contribution in [3.05, 3.63) is 29.8 Å². The number of hydrogen-bond donors (Lipinski definition) is 1. The molecule has 1 aromatic rings. The van der Waals surface area contributed by atoms with Crippen molar-refractivity contribution in [1.29, 1.82) is 5.26 Å². The van der Waals surface area contributed by atoms with E-state index in [0.717, 1.165) is 31.2 Å². The zero-order valence-electron chi connectivity index (χ0n) is 11.7. The highest BCUT2D eigenvalue weighted by molar-refractivity contribution is 7.89. The Bertz CT molecular complexity index is 581. The molecule has 1 fully saturated rings. The lowest BCUT2D eigenvalue weighted by Gasteiger charge is -2.26. The molecule has 0 saturated heterocycles. The highest BCUT2D eigenvalue weighted by Crippen LogP contribution is 2.27. The fourth-order valence-electron chi connectivity index (χ4n) is 2.65. The minimum absolute atomic E-state index is 0.133. The Morgan fingerprint density at radius 3 is 2.35 bits per heavy atom. The van der Waals surface area contributed by atoms with E-state index in [1.54, 1.807) is 24.3 Å². The summed E-state index contributed by atoms with van der Waals surface area (Å²) in [4.78, 5) is 0.221. The molecule has 1 aliphatic rings. The van der Waals surface area contributed by atoms with E-state index in [9.17, 15) is 13.7 Å². The maximum atomic E-state index is 12.3. The zero-order valence-corrected chi connectivity index (χ0v) is 12.5. The average molecular weight is 292 g/mol. The number of nitriles is 1. The first-order valence-corrected chi connectivity index (χ1v) is 8.50. The van der Waals surface area contributed by atoms with Gasteiger partial charge in [-0.3, -0.25) is 0 Å². The average Bonchev–Trinajstić information content (AvgIpc) is 2.46. The van der Waals surface area contributed by atoms with Gasteiger partial charge >= 0.3 is 0 Å². The van der Waals surface area contributed by atoms with Crippen LogP contribution in [0, 0.1) is 24.2 Å². The van der Waals surface area contributed by atoms with Gasteiger partial charge in [0.2, 0.25) is 10.0 Å². The summed E-state index contributed by atoms with van der Waals surface area (Å²) in [6, 6.07) is 8.17. The van der Waals surface area contributed by atoms with E-state index in [0.29, 0.717) is 0 Å². The van der Waals surface area contributed by atoms with Gasteiger partial charge in [-0.05, 0) is 37.8 Å². The van der Waals surface area contributed by atoms with Gasteiger partial charge in [-0.15, -0.1) is 0 Å². The van der Waals surface area contributed by atoms with Crippen LogP contribution in [0.5, 0.6) is 0 Å². The summed E-state index contributed by atoms with van der Waals surface area (Å²) in [5.74, 6) is 0.133. The van der Waals surface area contributed by atoms with Crippen molar-refractivity contribution in [2.75, 3.05) is 0 Å². The lowest BCUT2D eigenvalue weighted by atomic mass is 9.85. The first kappa shape index (κ1) is 15.0. The van der Waals surface area contributed by atoms with E-state index in [2.05, 4.69) is 10.8 Å². The lowest BCUT2D eigenvalue weighted by molar-refractivity contribution is 0.324. The van der Waals surface area contributed by atoms with E-state index in [1.807, 2.05) is 6.92 Å². The number of benzene rings is 1. The van der Waals surface area contributed by atoms with Gasteiger partial charge in [0, 0.05) is 0 Å². The van der Waals surface area contributed by atoms with Gasteiger partial charge in [-0.25, -0.2) is 8.42 Å². The Morgan fingerprint density at radius 2 is 1.80 bits per heavy atom. The fraction of sp³-hybridized carbons (Fsp3) is 0.533. The Morgan fingerprint density at radius 1 is 1.20 bits per heavy atom. The molecular weight excluding hydrogens is 272 g/mol. The van der Waals surface area contributed by atoms with Crippen molar-refractivity contribution in [1.82, 2.24) is 4.72 Å². The number of sulfonamides is 1.